The molecule has 1 aliphatic heterocycles. The Balaban J connectivity index is 1.89. The number of hydrogen-bond donors (Lipinski definition) is 2. The van der Waals surface area contributed by atoms with Crippen LogP contribution in [0.2, 0.25) is 10.0 Å². The van der Waals surface area contributed by atoms with Crippen molar-refractivity contribution in [3.05, 3.63) is 62.1 Å². The molecule has 0 saturated heterocycles. The fraction of sp³-hybridized carbons (Fsp3) is 0.111. The number of aromatic hydroxyl groups is 2. The summed E-state index contributed by atoms with van der Waals surface area (Å²) < 4.78 is 1.63. The van der Waals surface area contributed by atoms with Crippen LogP contribution in [-0.4, -0.2) is 19.8 Å². The minimum Gasteiger partial charge on any atom is -0.504 e. The Hall–Kier alpha value is -2.50. The Labute approximate surface area is 152 Å². The molecule has 2 heterocycles. The van der Waals surface area contributed by atoms with Gasteiger partial charge in [-0.25, -0.2) is 4.98 Å². The number of nitrogens with zero attached hydrogens (tertiary/aromatic N) is 2. The molecule has 0 radical (unpaired) electrons. The maximum Gasteiger partial charge on any atom is 0.261 e. The SMILES string of the molecule is O=c1c2ccc(Cl)cc2nc2n1CC/C2=C\c1cc(O)c(O)c(Cl)c1. The van der Waals surface area contributed by atoms with E-state index in [0.29, 0.717) is 40.3 Å². The van der Waals surface area contributed by atoms with E-state index in [1.165, 1.54) is 6.07 Å². The molecule has 1 aliphatic rings. The van der Waals surface area contributed by atoms with Crippen molar-refractivity contribution in [3.63, 3.8) is 0 Å². The third-order valence-electron chi connectivity index (χ3n) is 4.22. The van der Waals surface area contributed by atoms with E-state index in [1.54, 1.807) is 34.9 Å². The van der Waals surface area contributed by atoms with E-state index in [-0.39, 0.29) is 22.1 Å². The van der Waals surface area contributed by atoms with Gasteiger partial charge >= 0.3 is 0 Å². The first kappa shape index (κ1) is 16.0. The Morgan fingerprint density at radius 2 is 1.96 bits per heavy atom. The van der Waals surface area contributed by atoms with Crippen molar-refractivity contribution in [2.45, 2.75) is 13.0 Å². The summed E-state index contributed by atoms with van der Waals surface area (Å²) in [6.07, 6.45) is 2.43. The van der Waals surface area contributed by atoms with Gasteiger partial charge in [0.1, 0.15) is 5.82 Å². The van der Waals surface area contributed by atoms with Crippen LogP contribution >= 0.6 is 23.2 Å². The lowest BCUT2D eigenvalue weighted by atomic mass is 10.1. The molecule has 4 rings (SSSR count). The maximum absolute atomic E-state index is 12.6. The number of benzene rings is 2. The Morgan fingerprint density at radius 3 is 2.72 bits per heavy atom. The molecule has 126 valence electrons. The zero-order valence-electron chi connectivity index (χ0n) is 12.8. The summed E-state index contributed by atoms with van der Waals surface area (Å²) in [4.78, 5) is 17.2. The van der Waals surface area contributed by atoms with Gasteiger partial charge in [-0.1, -0.05) is 23.2 Å². The van der Waals surface area contributed by atoms with Gasteiger partial charge in [0.25, 0.3) is 5.56 Å². The molecular formula is C18H12Cl2N2O3. The van der Waals surface area contributed by atoms with E-state index >= 15 is 0 Å². The van der Waals surface area contributed by atoms with Crippen LogP contribution in [-0.2, 0) is 6.54 Å². The topological polar surface area (TPSA) is 75.4 Å². The molecule has 25 heavy (non-hydrogen) atoms. The summed E-state index contributed by atoms with van der Waals surface area (Å²) in [7, 11) is 0. The molecule has 2 aromatic carbocycles. The highest BCUT2D eigenvalue weighted by atomic mass is 35.5. The second-order valence-electron chi connectivity index (χ2n) is 5.84. The van der Waals surface area contributed by atoms with E-state index in [2.05, 4.69) is 4.98 Å². The molecule has 2 N–H and O–H groups in total. The molecule has 5 nitrogen and oxygen atoms in total. The zero-order chi connectivity index (χ0) is 17.7. The second kappa shape index (κ2) is 5.79. The number of phenols is 2. The van der Waals surface area contributed by atoms with Crippen LogP contribution in [0.5, 0.6) is 11.5 Å². The van der Waals surface area contributed by atoms with Crippen LogP contribution in [0.25, 0.3) is 22.6 Å². The van der Waals surface area contributed by atoms with Crippen LogP contribution in [0.4, 0.5) is 0 Å². The van der Waals surface area contributed by atoms with Crippen molar-refractivity contribution in [1.82, 2.24) is 9.55 Å². The molecule has 0 spiro atoms. The number of fused-ring (bicyclic) bond motifs is 2. The molecule has 3 aromatic rings. The summed E-state index contributed by atoms with van der Waals surface area (Å²) in [5.74, 6) is -0.0814. The lowest BCUT2D eigenvalue weighted by Gasteiger charge is -2.06. The molecule has 1 aromatic heterocycles. The number of rotatable bonds is 1. The molecular weight excluding hydrogens is 363 g/mol. The van der Waals surface area contributed by atoms with E-state index in [4.69, 9.17) is 23.2 Å². The van der Waals surface area contributed by atoms with Crippen molar-refractivity contribution >= 4 is 45.8 Å². The first-order valence-corrected chi connectivity index (χ1v) is 8.32. The Kier molecular flexibility index (Phi) is 3.71. The van der Waals surface area contributed by atoms with Gasteiger partial charge in [0.05, 0.1) is 15.9 Å². The summed E-state index contributed by atoms with van der Waals surface area (Å²) in [6.45, 7) is 0.531. The van der Waals surface area contributed by atoms with Crippen LogP contribution in [0.3, 0.4) is 0 Å². The van der Waals surface area contributed by atoms with Gasteiger partial charge in [-0.3, -0.25) is 9.36 Å². The summed E-state index contributed by atoms with van der Waals surface area (Å²) in [6, 6.07) is 7.97. The van der Waals surface area contributed by atoms with Gasteiger partial charge in [0.15, 0.2) is 11.5 Å². The van der Waals surface area contributed by atoms with Crippen molar-refractivity contribution in [3.8, 4) is 11.5 Å². The average molecular weight is 375 g/mol. The van der Waals surface area contributed by atoms with Gasteiger partial charge in [-0.05, 0) is 54.0 Å². The van der Waals surface area contributed by atoms with Gasteiger partial charge in [0.2, 0.25) is 0 Å². The first-order chi connectivity index (χ1) is 11.9. The van der Waals surface area contributed by atoms with E-state index in [1.807, 2.05) is 0 Å². The Bertz CT molecular complexity index is 1100. The normalized spacial score (nSPS) is 15.0. The quantitative estimate of drug-likeness (QED) is 0.629. The highest BCUT2D eigenvalue weighted by molar-refractivity contribution is 6.32. The van der Waals surface area contributed by atoms with Crippen molar-refractivity contribution in [2.75, 3.05) is 0 Å². The van der Waals surface area contributed by atoms with Crippen molar-refractivity contribution in [2.24, 2.45) is 0 Å². The third-order valence-corrected chi connectivity index (χ3v) is 4.74. The Morgan fingerprint density at radius 1 is 1.16 bits per heavy atom. The second-order valence-corrected chi connectivity index (χ2v) is 6.69. The van der Waals surface area contributed by atoms with E-state index in [9.17, 15) is 15.0 Å². The van der Waals surface area contributed by atoms with Crippen LogP contribution in [0.1, 0.15) is 17.8 Å². The average Bonchev–Trinajstić information content (AvgIpc) is 2.95. The first-order valence-electron chi connectivity index (χ1n) is 7.56. The number of aromatic nitrogens is 2. The van der Waals surface area contributed by atoms with Crippen LogP contribution in [0, 0.1) is 0 Å². The minimum absolute atomic E-state index is 0.0560. The predicted octanol–water partition coefficient (Wildman–Crippen LogP) is 4.06. The summed E-state index contributed by atoms with van der Waals surface area (Å²) in [5.41, 5.74) is 1.90. The highest BCUT2D eigenvalue weighted by Crippen LogP contribution is 2.36. The number of hydrogen-bond acceptors (Lipinski definition) is 4. The maximum atomic E-state index is 12.6. The number of allylic oxidation sites excluding steroid dienone is 1. The fourth-order valence-electron chi connectivity index (χ4n) is 3.02. The minimum atomic E-state index is -0.356. The lowest BCUT2D eigenvalue weighted by molar-refractivity contribution is 0.404. The fourth-order valence-corrected chi connectivity index (χ4v) is 3.41. The molecule has 0 aliphatic carbocycles. The molecule has 0 amide bonds. The zero-order valence-corrected chi connectivity index (χ0v) is 14.3. The lowest BCUT2D eigenvalue weighted by Crippen LogP contribution is -2.20. The van der Waals surface area contributed by atoms with Crippen LogP contribution < -0.4 is 5.56 Å². The van der Waals surface area contributed by atoms with Crippen molar-refractivity contribution in [1.29, 1.82) is 0 Å². The van der Waals surface area contributed by atoms with Gasteiger partial charge in [-0.15, -0.1) is 0 Å². The van der Waals surface area contributed by atoms with Crippen molar-refractivity contribution < 1.29 is 10.2 Å². The smallest absolute Gasteiger partial charge is 0.261 e. The molecule has 0 atom stereocenters. The monoisotopic (exact) mass is 374 g/mol. The molecule has 0 unspecified atom stereocenters. The van der Waals surface area contributed by atoms with E-state index < -0.39 is 0 Å². The van der Waals surface area contributed by atoms with Crippen LogP contribution in [0.15, 0.2) is 35.1 Å². The van der Waals surface area contributed by atoms with Gasteiger partial charge in [0, 0.05) is 11.6 Å². The summed E-state index contributed by atoms with van der Waals surface area (Å²) in [5, 5.41) is 20.4. The van der Waals surface area contributed by atoms with Gasteiger partial charge < -0.3 is 10.2 Å². The van der Waals surface area contributed by atoms with E-state index in [0.717, 1.165) is 5.57 Å². The predicted molar refractivity (Wildman–Crippen MR) is 98.3 cm³/mol. The number of halogens is 2. The molecule has 0 saturated carbocycles. The molecule has 0 fully saturated rings. The third kappa shape index (κ3) is 2.65. The highest BCUT2D eigenvalue weighted by Gasteiger charge is 2.21. The molecule has 0 bridgehead atoms. The summed E-state index contributed by atoms with van der Waals surface area (Å²) >= 11 is 11.9. The molecule has 7 heteroatoms. The van der Waals surface area contributed by atoms with Gasteiger partial charge in [-0.2, -0.15) is 0 Å². The standard InChI is InChI=1S/C18H12Cl2N2O3/c19-11-1-2-12-14(8-11)21-17-10(3-4-22(17)18(12)25)5-9-6-13(20)16(24)15(23)7-9/h1-2,5-8,23-24H,3-4H2/b10-5+. The number of phenolic OH excluding ortho intramolecular Hbond substituents is 2. The largest absolute Gasteiger partial charge is 0.504 e.